The van der Waals surface area contributed by atoms with E-state index in [-0.39, 0.29) is 18.0 Å². The number of para-hydroxylation sites is 1. The third-order valence-corrected chi connectivity index (χ3v) is 4.72. The lowest BCUT2D eigenvalue weighted by Gasteiger charge is -2.15. The molecule has 2 aromatic rings. The normalized spacial score (nSPS) is 14.0. The van der Waals surface area contributed by atoms with Gasteiger partial charge in [-0.15, -0.1) is 0 Å². The number of hydrogen-bond donors (Lipinski definition) is 0. The summed E-state index contributed by atoms with van der Waals surface area (Å²) in [7, 11) is 0.359. The van der Waals surface area contributed by atoms with Gasteiger partial charge in [-0.1, -0.05) is 23.4 Å². The van der Waals surface area contributed by atoms with Crippen molar-refractivity contribution in [3.63, 3.8) is 0 Å². The van der Waals surface area contributed by atoms with Crippen molar-refractivity contribution in [2.45, 2.75) is 44.5 Å². The minimum atomic E-state index is -1.20. The van der Waals surface area contributed by atoms with E-state index < -0.39 is 10.8 Å². The molecule has 6 nitrogen and oxygen atoms in total. The van der Waals surface area contributed by atoms with Crippen molar-refractivity contribution >= 4 is 10.8 Å². The smallest absolute Gasteiger partial charge is 0.242 e. The van der Waals surface area contributed by atoms with E-state index in [0.29, 0.717) is 17.5 Å². The molecule has 2 atom stereocenters. The molecule has 0 bridgehead atoms. The first-order chi connectivity index (χ1) is 11.0. The van der Waals surface area contributed by atoms with E-state index in [0.717, 1.165) is 11.3 Å². The highest BCUT2D eigenvalue weighted by atomic mass is 32.2. The van der Waals surface area contributed by atoms with Gasteiger partial charge >= 0.3 is 0 Å². The highest BCUT2D eigenvalue weighted by molar-refractivity contribution is 7.84. The molecule has 1 heterocycles. The Hall–Kier alpha value is -1.73. The zero-order valence-corrected chi connectivity index (χ0v) is 14.6. The topological polar surface area (TPSA) is 74.5 Å². The van der Waals surface area contributed by atoms with Gasteiger partial charge in [-0.25, -0.2) is 0 Å². The van der Waals surface area contributed by atoms with Gasteiger partial charge in [0.2, 0.25) is 5.89 Å². The molecule has 23 heavy (non-hydrogen) atoms. The van der Waals surface area contributed by atoms with Gasteiger partial charge in [-0.3, -0.25) is 4.21 Å². The molecule has 2 unspecified atom stereocenters. The molecule has 0 radical (unpaired) electrons. The Balaban J connectivity index is 2.08. The van der Waals surface area contributed by atoms with Crippen LogP contribution in [-0.2, 0) is 27.9 Å². The number of ether oxygens (including phenoxy) is 2. The molecule has 0 aliphatic carbocycles. The van der Waals surface area contributed by atoms with Crippen molar-refractivity contribution in [1.29, 1.82) is 0 Å². The molecule has 1 aromatic heterocycles. The van der Waals surface area contributed by atoms with E-state index in [9.17, 15) is 4.21 Å². The largest absolute Gasteiger partial charge is 0.491 e. The number of rotatable bonds is 8. The minimum absolute atomic E-state index is 0.0644. The highest BCUT2D eigenvalue weighted by Gasteiger charge is 2.22. The summed E-state index contributed by atoms with van der Waals surface area (Å²) in [6.45, 7) is 6.01. The summed E-state index contributed by atoms with van der Waals surface area (Å²) in [4.78, 5) is 4.21. The van der Waals surface area contributed by atoms with Crippen LogP contribution in [0.3, 0.4) is 0 Å². The molecule has 1 aromatic carbocycles. The lowest BCUT2D eigenvalue weighted by atomic mass is 10.2. The van der Waals surface area contributed by atoms with E-state index in [4.69, 9.17) is 14.0 Å². The van der Waals surface area contributed by atoms with Crippen LogP contribution >= 0.6 is 0 Å². The second-order valence-corrected chi connectivity index (χ2v) is 7.18. The van der Waals surface area contributed by atoms with Crippen LogP contribution in [0.2, 0.25) is 0 Å². The van der Waals surface area contributed by atoms with Crippen LogP contribution < -0.4 is 4.74 Å². The molecule has 2 rings (SSSR count). The number of nitrogens with zero attached hydrogens (tertiary/aromatic N) is 2. The summed E-state index contributed by atoms with van der Waals surface area (Å²) >= 11 is 0. The summed E-state index contributed by atoms with van der Waals surface area (Å²) in [6, 6.07) is 7.63. The van der Waals surface area contributed by atoms with Gasteiger partial charge in [0.1, 0.15) is 17.6 Å². The quantitative estimate of drug-likeness (QED) is 0.736. The Morgan fingerprint density at radius 2 is 2.00 bits per heavy atom. The Morgan fingerprint density at radius 1 is 1.26 bits per heavy atom. The average molecular weight is 338 g/mol. The first-order valence-corrected chi connectivity index (χ1v) is 8.82. The maximum Gasteiger partial charge on any atom is 0.242 e. The van der Waals surface area contributed by atoms with E-state index in [1.54, 1.807) is 7.11 Å². The first kappa shape index (κ1) is 17.6. The molecule has 0 spiro atoms. The van der Waals surface area contributed by atoms with Crippen LogP contribution in [0.15, 0.2) is 28.8 Å². The molecule has 126 valence electrons. The zero-order chi connectivity index (χ0) is 16.8. The Labute approximate surface area is 138 Å². The Bertz CT molecular complexity index is 657. The minimum Gasteiger partial charge on any atom is -0.491 e. The maximum absolute atomic E-state index is 12.6. The molecule has 0 aliphatic rings. The summed E-state index contributed by atoms with van der Waals surface area (Å²) in [5.41, 5.74) is 0.906. The van der Waals surface area contributed by atoms with Gasteiger partial charge < -0.3 is 14.0 Å². The fourth-order valence-corrected chi connectivity index (χ4v) is 3.12. The second-order valence-electron chi connectivity index (χ2n) is 5.42. The van der Waals surface area contributed by atoms with Crippen LogP contribution in [0.4, 0.5) is 0 Å². The summed E-state index contributed by atoms with van der Waals surface area (Å²) in [6.07, 6.45) is 0.0644. The van der Waals surface area contributed by atoms with Crippen molar-refractivity contribution in [2.75, 3.05) is 7.11 Å². The van der Waals surface area contributed by atoms with Gasteiger partial charge in [0.05, 0.1) is 11.9 Å². The standard InChI is InChI=1S/C16H22N2O4S/c1-11(2)21-14-8-6-5-7-13(14)10-23(19)12(3)16-17-15(9-20-4)18-22-16/h5-8,11-12H,9-10H2,1-4H3. The summed E-state index contributed by atoms with van der Waals surface area (Å²) in [5.74, 6) is 1.94. The van der Waals surface area contributed by atoms with Gasteiger partial charge in [-0.05, 0) is 26.8 Å². The zero-order valence-electron chi connectivity index (χ0n) is 13.8. The van der Waals surface area contributed by atoms with Gasteiger partial charge in [0.15, 0.2) is 5.82 Å². The third-order valence-electron chi connectivity index (χ3n) is 3.13. The molecule has 0 N–H and O–H groups in total. The lowest BCUT2D eigenvalue weighted by Crippen LogP contribution is -2.10. The molecule has 0 fully saturated rings. The summed E-state index contributed by atoms with van der Waals surface area (Å²) in [5, 5.41) is 3.44. The molecule has 0 saturated heterocycles. The van der Waals surface area contributed by atoms with Crippen LogP contribution in [0.5, 0.6) is 5.75 Å². The van der Waals surface area contributed by atoms with Crippen molar-refractivity contribution < 1.29 is 18.2 Å². The number of methoxy groups -OCH3 is 1. The van der Waals surface area contributed by atoms with Crippen molar-refractivity contribution in [2.24, 2.45) is 0 Å². The first-order valence-electron chi connectivity index (χ1n) is 7.44. The number of benzene rings is 1. The molecular weight excluding hydrogens is 316 g/mol. The van der Waals surface area contributed by atoms with E-state index in [2.05, 4.69) is 10.1 Å². The number of aromatic nitrogens is 2. The SMILES string of the molecule is COCc1noc(C(C)S(=O)Cc2ccccc2OC(C)C)n1. The molecule has 7 heteroatoms. The second kappa shape index (κ2) is 8.21. The summed E-state index contributed by atoms with van der Waals surface area (Å²) < 4.78 is 28.5. The van der Waals surface area contributed by atoms with Crippen LogP contribution in [-0.4, -0.2) is 27.6 Å². The van der Waals surface area contributed by atoms with E-state index in [1.807, 2.05) is 45.0 Å². The van der Waals surface area contributed by atoms with Gasteiger partial charge in [0, 0.05) is 23.5 Å². The number of hydrogen-bond acceptors (Lipinski definition) is 6. The van der Waals surface area contributed by atoms with E-state index >= 15 is 0 Å². The molecule has 0 amide bonds. The molecule has 0 aliphatic heterocycles. The monoisotopic (exact) mass is 338 g/mol. The Morgan fingerprint density at radius 3 is 2.70 bits per heavy atom. The predicted octanol–water partition coefficient (Wildman–Crippen LogP) is 3.01. The maximum atomic E-state index is 12.6. The average Bonchev–Trinajstić information content (AvgIpc) is 2.97. The van der Waals surface area contributed by atoms with Crippen LogP contribution in [0.1, 0.15) is 43.3 Å². The lowest BCUT2D eigenvalue weighted by molar-refractivity contribution is 0.174. The van der Waals surface area contributed by atoms with E-state index in [1.165, 1.54) is 0 Å². The highest BCUT2D eigenvalue weighted by Crippen LogP contribution is 2.26. The van der Waals surface area contributed by atoms with Crippen molar-refractivity contribution in [3.05, 3.63) is 41.5 Å². The van der Waals surface area contributed by atoms with Crippen molar-refractivity contribution in [1.82, 2.24) is 10.1 Å². The third kappa shape index (κ3) is 4.87. The van der Waals surface area contributed by atoms with Crippen LogP contribution in [0, 0.1) is 0 Å². The Kier molecular flexibility index (Phi) is 6.29. The van der Waals surface area contributed by atoms with Crippen molar-refractivity contribution in [3.8, 4) is 5.75 Å². The van der Waals surface area contributed by atoms with Gasteiger partial charge in [-0.2, -0.15) is 4.98 Å². The molecular formula is C16H22N2O4S. The van der Waals surface area contributed by atoms with Gasteiger partial charge in [0.25, 0.3) is 0 Å². The fourth-order valence-electron chi connectivity index (χ4n) is 2.00. The molecule has 0 saturated carbocycles. The fraction of sp³-hybridized carbons (Fsp3) is 0.500. The predicted molar refractivity (Wildman–Crippen MR) is 87.5 cm³/mol. The van der Waals surface area contributed by atoms with Crippen LogP contribution in [0.25, 0.3) is 0 Å².